The van der Waals surface area contributed by atoms with E-state index in [4.69, 9.17) is 14.2 Å². The van der Waals surface area contributed by atoms with Gasteiger partial charge in [-0.2, -0.15) is 0 Å². The standard InChI is InChI=1S/C15H32O3/c1-7-17-14(18-8-2)12-13(3)10-9-11-15(4,5)16-6/h13-14H,7-12H2,1-6H3. The summed E-state index contributed by atoms with van der Waals surface area (Å²) in [5.41, 5.74) is -0.00103. The van der Waals surface area contributed by atoms with Gasteiger partial charge in [0.15, 0.2) is 6.29 Å². The van der Waals surface area contributed by atoms with Crippen LogP contribution < -0.4 is 0 Å². The second-order valence-corrected chi connectivity index (χ2v) is 5.54. The minimum Gasteiger partial charge on any atom is -0.379 e. The van der Waals surface area contributed by atoms with Crippen LogP contribution in [0.1, 0.15) is 60.3 Å². The Hall–Kier alpha value is -0.120. The molecule has 0 saturated carbocycles. The van der Waals surface area contributed by atoms with Crippen molar-refractivity contribution in [2.45, 2.75) is 72.2 Å². The van der Waals surface area contributed by atoms with Crippen LogP contribution in [-0.4, -0.2) is 32.2 Å². The molecule has 0 fully saturated rings. The van der Waals surface area contributed by atoms with Crippen molar-refractivity contribution in [2.75, 3.05) is 20.3 Å². The van der Waals surface area contributed by atoms with Gasteiger partial charge in [-0.25, -0.2) is 0 Å². The second-order valence-electron chi connectivity index (χ2n) is 5.54. The smallest absolute Gasteiger partial charge is 0.157 e. The molecule has 0 amide bonds. The van der Waals surface area contributed by atoms with Crippen molar-refractivity contribution >= 4 is 0 Å². The molecule has 3 nitrogen and oxygen atoms in total. The van der Waals surface area contributed by atoms with E-state index in [0.717, 1.165) is 12.8 Å². The highest BCUT2D eigenvalue weighted by molar-refractivity contribution is 4.68. The van der Waals surface area contributed by atoms with Gasteiger partial charge in [-0.1, -0.05) is 19.8 Å². The van der Waals surface area contributed by atoms with Crippen LogP contribution in [0.3, 0.4) is 0 Å². The molecule has 110 valence electrons. The lowest BCUT2D eigenvalue weighted by Gasteiger charge is -2.24. The largest absolute Gasteiger partial charge is 0.379 e. The quantitative estimate of drug-likeness (QED) is 0.525. The SMILES string of the molecule is CCOC(CC(C)CCCC(C)(C)OC)OCC. The van der Waals surface area contributed by atoms with E-state index in [9.17, 15) is 0 Å². The van der Waals surface area contributed by atoms with E-state index in [-0.39, 0.29) is 11.9 Å². The lowest BCUT2D eigenvalue weighted by molar-refractivity contribution is -0.145. The summed E-state index contributed by atoms with van der Waals surface area (Å²) in [6, 6.07) is 0. The Kier molecular flexibility index (Phi) is 9.70. The van der Waals surface area contributed by atoms with Crippen molar-refractivity contribution in [2.24, 2.45) is 5.92 Å². The predicted molar refractivity (Wildman–Crippen MR) is 75.8 cm³/mol. The predicted octanol–water partition coefficient (Wildman–Crippen LogP) is 4.01. The molecule has 0 rings (SSSR count). The zero-order valence-corrected chi connectivity index (χ0v) is 13.1. The van der Waals surface area contributed by atoms with Gasteiger partial charge in [-0.15, -0.1) is 0 Å². The Balaban J connectivity index is 3.83. The molecule has 0 aromatic rings. The molecule has 3 heteroatoms. The van der Waals surface area contributed by atoms with E-state index in [1.165, 1.54) is 12.8 Å². The van der Waals surface area contributed by atoms with Crippen molar-refractivity contribution in [3.8, 4) is 0 Å². The van der Waals surface area contributed by atoms with E-state index >= 15 is 0 Å². The molecule has 1 unspecified atom stereocenters. The van der Waals surface area contributed by atoms with Crippen LogP contribution in [0, 0.1) is 5.92 Å². The first-order chi connectivity index (χ1) is 8.45. The summed E-state index contributed by atoms with van der Waals surface area (Å²) >= 11 is 0. The fourth-order valence-corrected chi connectivity index (χ4v) is 1.98. The van der Waals surface area contributed by atoms with Gasteiger partial charge in [0.1, 0.15) is 0 Å². The molecular formula is C15H32O3. The maximum absolute atomic E-state index is 5.57. The second kappa shape index (κ2) is 9.76. The minimum absolute atomic E-state index is 0.00103. The maximum atomic E-state index is 5.57. The minimum atomic E-state index is -0.0366. The number of hydrogen-bond acceptors (Lipinski definition) is 3. The number of ether oxygens (including phenoxy) is 3. The zero-order valence-electron chi connectivity index (χ0n) is 13.1. The third-order valence-corrected chi connectivity index (χ3v) is 3.33. The first-order valence-corrected chi connectivity index (χ1v) is 7.23. The summed E-state index contributed by atoms with van der Waals surface area (Å²) < 4.78 is 16.6. The molecule has 0 bridgehead atoms. The van der Waals surface area contributed by atoms with Gasteiger partial charge >= 0.3 is 0 Å². The Morgan fingerprint density at radius 3 is 2.06 bits per heavy atom. The van der Waals surface area contributed by atoms with Crippen molar-refractivity contribution < 1.29 is 14.2 Å². The van der Waals surface area contributed by atoms with Gasteiger partial charge in [-0.05, 0) is 40.0 Å². The molecule has 0 N–H and O–H groups in total. The lowest BCUT2D eigenvalue weighted by atomic mass is 9.95. The number of rotatable bonds is 11. The fraction of sp³-hybridized carbons (Fsp3) is 1.00. The molecule has 0 aliphatic heterocycles. The molecule has 0 saturated heterocycles. The van der Waals surface area contributed by atoms with Gasteiger partial charge < -0.3 is 14.2 Å². The van der Waals surface area contributed by atoms with E-state index < -0.39 is 0 Å². The van der Waals surface area contributed by atoms with Crippen LogP contribution in [0.25, 0.3) is 0 Å². The molecule has 0 spiro atoms. The Labute approximate surface area is 113 Å². The monoisotopic (exact) mass is 260 g/mol. The third-order valence-electron chi connectivity index (χ3n) is 3.33. The van der Waals surface area contributed by atoms with Crippen LogP contribution in [0.15, 0.2) is 0 Å². The Bertz CT molecular complexity index is 186. The van der Waals surface area contributed by atoms with Crippen LogP contribution in [0.5, 0.6) is 0 Å². The Morgan fingerprint density at radius 1 is 1.06 bits per heavy atom. The molecule has 0 radical (unpaired) electrons. The van der Waals surface area contributed by atoms with Gasteiger partial charge in [0.05, 0.1) is 5.60 Å². The highest BCUT2D eigenvalue weighted by Crippen LogP contribution is 2.22. The summed E-state index contributed by atoms with van der Waals surface area (Å²) in [7, 11) is 1.78. The average Bonchev–Trinajstić information content (AvgIpc) is 2.29. The van der Waals surface area contributed by atoms with Gasteiger partial charge in [0, 0.05) is 26.7 Å². The van der Waals surface area contributed by atoms with Crippen LogP contribution in [0.2, 0.25) is 0 Å². The normalized spacial score (nSPS) is 14.2. The first kappa shape index (κ1) is 17.9. The zero-order chi connectivity index (χ0) is 14.0. The summed E-state index contributed by atoms with van der Waals surface area (Å²) in [6.45, 7) is 12.0. The average molecular weight is 260 g/mol. The fourth-order valence-electron chi connectivity index (χ4n) is 1.98. The van der Waals surface area contributed by atoms with Crippen LogP contribution in [0.4, 0.5) is 0 Å². The molecule has 0 aliphatic rings. The molecule has 0 aromatic heterocycles. The molecule has 0 aliphatic carbocycles. The van der Waals surface area contributed by atoms with E-state index in [0.29, 0.717) is 19.1 Å². The lowest BCUT2D eigenvalue weighted by Crippen LogP contribution is -2.23. The summed E-state index contributed by atoms with van der Waals surface area (Å²) in [4.78, 5) is 0. The molecule has 0 heterocycles. The third kappa shape index (κ3) is 8.90. The highest BCUT2D eigenvalue weighted by atomic mass is 16.7. The van der Waals surface area contributed by atoms with Gasteiger partial charge in [0.2, 0.25) is 0 Å². The van der Waals surface area contributed by atoms with E-state index in [1.807, 2.05) is 13.8 Å². The van der Waals surface area contributed by atoms with Crippen molar-refractivity contribution in [1.82, 2.24) is 0 Å². The number of methoxy groups -OCH3 is 1. The van der Waals surface area contributed by atoms with E-state index in [1.54, 1.807) is 7.11 Å². The van der Waals surface area contributed by atoms with E-state index in [2.05, 4.69) is 20.8 Å². The maximum Gasteiger partial charge on any atom is 0.157 e. The van der Waals surface area contributed by atoms with Crippen molar-refractivity contribution in [1.29, 1.82) is 0 Å². The first-order valence-electron chi connectivity index (χ1n) is 7.23. The molecular weight excluding hydrogens is 228 g/mol. The topological polar surface area (TPSA) is 27.7 Å². The summed E-state index contributed by atoms with van der Waals surface area (Å²) in [5.74, 6) is 0.626. The molecule has 0 aromatic carbocycles. The van der Waals surface area contributed by atoms with Crippen LogP contribution in [-0.2, 0) is 14.2 Å². The number of hydrogen-bond donors (Lipinski definition) is 0. The molecule has 1 atom stereocenters. The molecule has 18 heavy (non-hydrogen) atoms. The van der Waals surface area contributed by atoms with Gasteiger partial charge in [0.25, 0.3) is 0 Å². The summed E-state index contributed by atoms with van der Waals surface area (Å²) in [6.07, 6.45) is 4.43. The Morgan fingerprint density at radius 2 is 1.61 bits per heavy atom. The highest BCUT2D eigenvalue weighted by Gasteiger charge is 2.18. The van der Waals surface area contributed by atoms with Crippen molar-refractivity contribution in [3.63, 3.8) is 0 Å². The van der Waals surface area contributed by atoms with Gasteiger partial charge in [-0.3, -0.25) is 0 Å². The van der Waals surface area contributed by atoms with Crippen molar-refractivity contribution in [3.05, 3.63) is 0 Å². The summed E-state index contributed by atoms with van der Waals surface area (Å²) in [5, 5.41) is 0. The van der Waals surface area contributed by atoms with Crippen LogP contribution >= 0.6 is 0 Å².